The van der Waals surface area contributed by atoms with E-state index in [0.29, 0.717) is 16.8 Å². The van der Waals surface area contributed by atoms with E-state index in [-0.39, 0.29) is 18.2 Å². The van der Waals surface area contributed by atoms with Gasteiger partial charge in [0.1, 0.15) is 5.58 Å². The molecule has 0 saturated heterocycles. The second-order valence-corrected chi connectivity index (χ2v) is 8.30. The van der Waals surface area contributed by atoms with Gasteiger partial charge in [-0.2, -0.15) is 0 Å². The molecule has 0 spiro atoms. The molecule has 1 unspecified atom stereocenters. The Kier molecular flexibility index (Phi) is 6.36. The summed E-state index contributed by atoms with van der Waals surface area (Å²) < 4.78 is 11.2. The summed E-state index contributed by atoms with van der Waals surface area (Å²) >= 11 is 0. The number of rotatable bonds is 6. The number of hydrogen-bond acceptors (Lipinski definition) is 5. The van der Waals surface area contributed by atoms with E-state index in [2.05, 4.69) is 10.6 Å². The number of esters is 1. The summed E-state index contributed by atoms with van der Waals surface area (Å²) in [5.41, 5.74) is 3.81. The quantitative estimate of drug-likeness (QED) is 0.404. The average Bonchev–Trinajstić information content (AvgIpc) is 3.17. The summed E-state index contributed by atoms with van der Waals surface area (Å²) in [7, 11) is 0. The van der Waals surface area contributed by atoms with Crippen molar-refractivity contribution in [3.63, 3.8) is 0 Å². The van der Waals surface area contributed by atoms with E-state index in [9.17, 15) is 14.4 Å². The van der Waals surface area contributed by atoms with Crippen LogP contribution in [0.2, 0.25) is 0 Å². The van der Waals surface area contributed by atoms with E-state index >= 15 is 0 Å². The number of carbonyl (C=O) groups excluding carboxylic acids is 3. The van der Waals surface area contributed by atoms with Crippen LogP contribution in [0.15, 0.2) is 59.0 Å². The summed E-state index contributed by atoms with van der Waals surface area (Å²) in [6.07, 6.45) is -1.11. The van der Waals surface area contributed by atoms with Crippen LogP contribution in [0.1, 0.15) is 34.2 Å². The third kappa shape index (κ3) is 4.50. The normalized spacial score (nSPS) is 11.9. The highest BCUT2D eigenvalue weighted by Gasteiger charge is 2.25. The fourth-order valence-electron chi connectivity index (χ4n) is 3.92. The number of anilines is 1. The third-order valence-electron chi connectivity index (χ3n) is 5.84. The first-order chi connectivity index (χ1) is 16.3. The van der Waals surface area contributed by atoms with Crippen molar-refractivity contribution < 1.29 is 23.5 Å². The highest BCUT2D eigenvalue weighted by Crippen LogP contribution is 2.32. The van der Waals surface area contributed by atoms with Crippen molar-refractivity contribution in [1.82, 2.24) is 5.32 Å². The lowest BCUT2D eigenvalue weighted by molar-refractivity contribution is -0.130. The van der Waals surface area contributed by atoms with Crippen molar-refractivity contribution in [1.29, 1.82) is 0 Å². The van der Waals surface area contributed by atoms with E-state index in [4.69, 9.17) is 9.15 Å². The Hall–Kier alpha value is -4.13. The minimum absolute atomic E-state index is 0.0544. The number of amides is 2. The predicted octanol–water partition coefficient (Wildman–Crippen LogP) is 4.81. The zero-order valence-corrected chi connectivity index (χ0v) is 19.5. The zero-order chi connectivity index (χ0) is 24.4. The molecule has 4 aromatic rings. The SMILES string of the molecule is Cc1cccc(C)c1NC(=O)CNC(=O)C(C)OC(=O)c1oc2c(ccc3ccccc32)c1C. The summed E-state index contributed by atoms with van der Waals surface area (Å²) in [5.74, 6) is -1.63. The third-order valence-corrected chi connectivity index (χ3v) is 5.84. The molecule has 34 heavy (non-hydrogen) atoms. The number of hydrogen-bond donors (Lipinski definition) is 2. The predicted molar refractivity (Wildman–Crippen MR) is 131 cm³/mol. The molecule has 0 aliphatic carbocycles. The van der Waals surface area contributed by atoms with Gasteiger partial charge in [-0.05, 0) is 44.2 Å². The second kappa shape index (κ2) is 9.39. The monoisotopic (exact) mass is 458 g/mol. The van der Waals surface area contributed by atoms with Gasteiger partial charge in [0.15, 0.2) is 6.10 Å². The molecular weight excluding hydrogens is 432 g/mol. The van der Waals surface area contributed by atoms with E-state index in [1.165, 1.54) is 6.92 Å². The van der Waals surface area contributed by atoms with E-state index in [0.717, 1.165) is 27.3 Å². The van der Waals surface area contributed by atoms with Crippen LogP contribution in [0.3, 0.4) is 0 Å². The fourth-order valence-corrected chi connectivity index (χ4v) is 3.92. The lowest BCUT2D eigenvalue weighted by atomic mass is 10.1. The molecule has 1 heterocycles. The Labute approximate surface area is 197 Å². The molecule has 0 bridgehead atoms. The van der Waals surface area contributed by atoms with Gasteiger partial charge in [0.25, 0.3) is 5.91 Å². The number of furan rings is 1. The molecule has 0 saturated carbocycles. The number of carbonyl (C=O) groups is 3. The molecule has 0 fully saturated rings. The first kappa shape index (κ1) is 23.0. The molecule has 0 radical (unpaired) electrons. The topological polar surface area (TPSA) is 97.6 Å². The van der Waals surface area contributed by atoms with Crippen molar-refractivity contribution in [2.24, 2.45) is 0 Å². The van der Waals surface area contributed by atoms with Crippen molar-refractivity contribution in [2.45, 2.75) is 33.8 Å². The second-order valence-electron chi connectivity index (χ2n) is 8.30. The molecule has 7 heteroatoms. The first-order valence-corrected chi connectivity index (χ1v) is 11.0. The van der Waals surface area contributed by atoms with Crippen LogP contribution in [0.25, 0.3) is 21.7 Å². The van der Waals surface area contributed by atoms with E-state index in [1.54, 1.807) is 6.92 Å². The molecule has 174 valence electrons. The van der Waals surface area contributed by atoms with Gasteiger partial charge in [-0.15, -0.1) is 0 Å². The molecular formula is C27H26N2O5. The number of para-hydroxylation sites is 1. The standard InChI is InChI=1S/C27H26N2O5/c1-15-8-7-9-16(2)23(15)29-22(30)14-28-26(31)18(4)33-27(32)24-17(3)20-13-12-19-10-5-6-11-21(19)25(20)34-24/h5-13,18H,14H2,1-4H3,(H,28,31)(H,29,30). The van der Waals surface area contributed by atoms with Gasteiger partial charge in [-0.25, -0.2) is 4.79 Å². The van der Waals surface area contributed by atoms with Gasteiger partial charge in [-0.3, -0.25) is 9.59 Å². The van der Waals surface area contributed by atoms with Crippen molar-refractivity contribution >= 4 is 45.2 Å². The van der Waals surface area contributed by atoms with Gasteiger partial charge < -0.3 is 19.8 Å². The Bertz CT molecular complexity index is 1400. The van der Waals surface area contributed by atoms with Gasteiger partial charge >= 0.3 is 5.97 Å². The van der Waals surface area contributed by atoms with Crippen LogP contribution in [0.4, 0.5) is 5.69 Å². The van der Waals surface area contributed by atoms with Gasteiger partial charge in [-0.1, -0.05) is 54.6 Å². The minimum atomic E-state index is -1.11. The molecule has 2 N–H and O–H groups in total. The summed E-state index contributed by atoms with van der Waals surface area (Å²) in [6, 6.07) is 17.3. The molecule has 3 aromatic carbocycles. The van der Waals surface area contributed by atoms with Gasteiger partial charge in [0.2, 0.25) is 11.7 Å². The molecule has 0 aliphatic rings. The van der Waals surface area contributed by atoms with Crippen LogP contribution in [0, 0.1) is 20.8 Å². The zero-order valence-electron chi connectivity index (χ0n) is 19.5. The summed E-state index contributed by atoms with van der Waals surface area (Å²) in [6.45, 7) is 6.77. The largest absolute Gasteiger partial charge is 0.448 e. The molecule has 7 nitrogen and oxygen atoms in total. The Balaban J connectivity index is 1.40. The molecule has 2 amide bonds. The van der Waals surface area contributed by atoms with Crippen molar-refractivity contribution in [3.05, 3.63) is 77.0 Å². The van der Waals surface area contributed by atoms with Crippen LogP contribution >= 0.6 is 0 Å². The highest BCUT2D eigenvalue weighted by molar-refractivity contribution is 6.08. The molecule has 0 aliphatic heterocycles. The molecule has 1 atom stereocenters. The number of ether oxygens (including phenoxy) is 1. The maximum absolute atomic E-state index is 12.8. The van der Waals surface area contributed by atoms with Crippen LogP contribution in [-0.2, 0) is 14.3 Å². The smallest absolute Gasteiger partial charge is 0.375 e. The Morgan fingerprint density at radius 3 is 2.35 bits per heavy atom. The number of benzene rings is 3. The van der Waals surface area contributed by atoms with E-state index in [1.807, 2.05) is 68.4 Å². The maximum atomic E-state index is 12.8. The lowest BCUT2D eigenvalue weighted by Gasteiger charge is -2.14. The summed E-state index contributed by atoms with van der Waals surface area (Å²) in [5, 5.41) is 8.00. The fraction of sp³-hybridized carbons (Fsp3) is 0.222. The highest BCUT2D eigenvalue weighted by atomic mass is 16.6. The first-order valence-electron chi connectivity index (χ1n) is 11.0. The molecule has 1 aromatic heterocycles. The van der Waals surface area contributed by atoms with E-state index < -0.39 is 18.0 Å². The Morgan fingerprint density at radius 2 is 1.62 bits per heavy atom. The van der Waals surface area contributed by atoms with Crippen LogP contribution in [0.5, 0.6) is 0 Å². The van der Waals surface area contributed by atoms with Gasteiger partial charge in [0.05, 0.1) is 6.54 Å². The molecule has 4 rings (SSSR count). The Morgan fingerprint density at radius 1 is 0.912 bits per heavy atom. The van der Waals surface area contributed by atoms with Crippen LogP contribution < -0.4 is 10.6 Å². The average molecular weight is 459 g/mol. The van der Waals surface area contributed by atoms with Crippen LogP contribution in [-0.4, -0.2) is 30.4 Å². The minimum Gasteiger partial charge on any atom is -0.448 e. The van der Waals surface area contributed by atoms with Crippen molar-refractivity contribution in [3.8, 4) is 0 Å². The number of aryl methyl sites for hydroxylation is 3. The van der Waals surface area contributed by atoms with Crippen molar-refractivity contribution in [2.75, 3.05) is 11.9 Å². The summed E-state index contributed by atoms with van der Waals surface area (Å²) in [4.78, 5) is 37.5. The number of fused-ring (bicyclic) bond motifs is 3. The number of nitrogens with one attached hydrogen (secondary N) is 2. The lowest BCUT2D eigenvalue weighted by Crippen LogP contribution is -2.40. The van der Waals surface area contributed by atoms with Gasteiger partial charge in [0, 0.05) is 22.0 Å². The maximum Gasteiger partial charge on any atom is 0.375 e.